The van der Waals surface area contributed by atoms with Crippen LogP contribution in [0.15, 0.2) is 42.5 Å². The van der Waals surface area contributed by atoms with E-state index >= 15 is 0 Å². The molecule has 18 heavy (non-hydrogen) atoms. The molecule has 2 rings (SSSR count). The fourth-order valence-corrected chi connectivity index (χ4v) is 1.63. The first kappa shape index (κ1) is 12.4. The Hall–Kier alpha value is -2.10. The lowest BCUT2D eigenvalue weighted by molar-refractivity contribution is 0.414. The quantitative estimate of drug-likeness (QED) is 0.824. The maximum Gasteiger partial charge on any atom is 0.214 e. The number of hydrogen-bond acceptors (Lipinski definition) is 3. The van der Waals surface area contributed by atoms with Gasteiger partial charge < -0.3 is 10.1 Å². The van der Waals surface area contributed by atoms with Gasteiger partial charge in [-0.2, -0.15) is 4.39 Å². The number of nitrogens with one attached hydrogen (secondary N) is 1. The van der Waals surface area contributed by atoms with Crippen molar-refractivity contribution in [3.63, 3.8) is 0 Å². The molecule has 1 aromatic heterocycles. The smallest absolute Gasteiger partial charge is 0.214 e. The van der Waals surface area contributed by atoms with E-state index in [1.165, 1.54) is 11.6 Å². The first-order valence-corrected chi connectivity index (χ1v) is 5.77. The SMILES string of the molecule is COc1ccc(CCNc2cccc(F)n2)cc1. The third-order valence-corrected chi connectivity index (χ3v) is 2.59. The molecule has 0 saturated carbocycles. The zero-order valence-corrected chi connectivity index (χ0v) is 10.2. The normalized spacial score (nSPS) is 10.1. The molecule has 1 aromatic carbocycles. The van der Waals surface area contributed by atoms with Gasteiger partial charge in [0.2, 0.25) is 5.95 Å². The number of aromatic nitrogens is 1. The summed E-state index contributed by atoms with van der Waals surface area (Å²) in [6, 6.07) is 12.6. The van der Waals surface area contributed by atoms with Crippen molar-refractivity contribution in [2.45, 2.75) is 6.42 Å². The summed E-state index contributed by atoms with van der Waals surface area (Å²) in [7, 11) is 1.65. The fourth-order valence-electron chi connectivity index (χ4n) is 1.63. The maximum absolute atomic E-state index is 12.8. The second-order valence-corrected chi connectivity index (χ2v) is 3.87. The van der Waals surface area contributed by atoms with Crippen molar-refractivity contribution in [2.24, 2.45) is 0 Å². The number of anilines is 1. The maximum atomic E-state index is 12.8. The van der Waals surface area contributed by atoms with Crippen LogP contribution in [0.4, 0.5) is 10.2 Å². The number of halogens is 1. The third kappa shape index (κ3) is 3.45. The van der Waals surface area contributed by atoms with Crippen molar-refractivity contribution >= 4 is 5.82 Å². The van der Waals surface area contributed by atoms with Crippen LogP contribution in [-0.4, -0.2) is 18.6 Å². The van der Waals surface area contributed by atoms with Crippen LogP contribution in [0.1, 0.15) is 5.56 Å². The second-order valence-electron chi connectivity index (χ2n) is 3.87. The van der Waals surface area contributed by atoms with Gasteiger partial charge in [-0.15, -0.1) is 0 Å². The lowest BCUT2D eigenvalue weighted by Crippen LogP contribution is -2.06. The summed E-state index contributed by atoms with van der Waals surface area (Å²) < 4.78 is 17.9. The summed E-state index contributed by atoms with van der Waals surface area (Å²) in [5.41, 5.74) is 1.19. The number of pyridine rings is 1. The van der Waals surface area contributed by atoms with E-state index in [2.05, 4.69) is 10.3 Å². The Balaban J connectivity index is 1.84. The number of benzene rings is 1. The van der Waals surface area contributed by atoms with E-state index in [-0.39, 0.29) is 0 Å². The van der Waals surface area contributed by atoms with Crippen LogP contribution >= 0.6 is 0 Å². The van der Waals surface area contributed by atoms with Gasteiger partial charge >= 0.3 is 0 Å². The molecule has 0 aliphatic carbocycles. The Morgan fingerprint density at radius 1 is 1.17 bits per heavy atom. The largest absolute Gasteiger partial charge is 0.497 e. The monoisotopic (exact) mass is 246 g/mol. The molecule has 0 radical (unpaired) electrons. The second kappa shape index (κ2) is 6.00. The van der Waals surface area contributed by atoms with Gasteiger partial charge in [0.1, 0.15) is 11.6 Å². The summed E-state index contributed by atoms with van der Waals surface area (Å²) in [5, 5.41) is 3.08. The van der Waals surface area contributed by atoms with Crippen LogP contribution in [0.5, 0.6) is 5.75 Å². The van der Waals surface area contributed by atoms with Gasteiger partial charge in [0.25, 0.3) is 0 Å². The summed E-state index contributed by atoms with van der Waals surface area (Å²) >= 11 is 0. The molecule has 0 atom stereocenters. The van der Waals surface area contributed by atoms with E-state index in [0.717, 1.165) is 12.2 Å². The summed E-state index contributed by atoms with van der Waals surface area (Å²) in [4.78, 5) is 3.73. The van der Waals surface area contributed by atoms with E-state index in [1.807, 2.05) is 24.3 Å². The minimum atomic E-state index is -0.468. The molecule has 0 bridgehead atoms. The molecule has 0 saturated heterocycles. The molecule has 2 aromatic rings. The number of rotatable bonds is 5. The van der Waals surface area contributed by atoms with Crippen molar-refractivity contribution in [1.29, 1.82) is 0 Å². The lowest BCUT2D eigenvalue weighted by Gasteiger charge is -2.06. The molecule has 0 fully saturated rings. The van der Waals surface area contributed by atoms with Gasteiger partial charge in [0.15, 0.2) is 0 Å². The molecule has 0 aliphatic rings. The lowest BCUT2D eigenvalue weighted by atomic mass is 10.1. The van der Waals surface area contributed by atoms with Crippen LogP contribution in [0.3, 0.4) is 0 Å². The summed E-state index contributed by atoms with van der Waals surface area (Å²) in [6.07, 6.45) is 0.849. The van der Waals surface area contributed by atoms with Gasteiger partial charge in [-0.25, -0.2) is 4.98 Å². The minimum absolute atomic E-state index is 0.468. The average Bonchev–Trinajstić information content (AvgIpc) is 2.40. The minimum Gasteiger partial charge on any atom is -0.497 e. The molecule has 1 N–H and O–H groups in total. The highest BCUT2D eigenvalue weighted by Crippen LogP contribution is 2.12. The van der Waals surface area contributed by atoms with Crippen molar-refractivity contribution < 1.29 is 9.13 Å². The van der Waals surface area contributed by atoms with Gasteiger partial charge in [0.05, 0.1) is 7.11 Å². The first-order valence-electron chi connectivity index (χ1n) is 5.77. The van der Waals surface area contributed by atoms with Gasteiger partial charge in [-0.3, -0.25) is 0 Å². The molecule has 0 spiro atoms. The van der Waals surface area contributed by atoms with Crippen molar-refractivity contribution in [1.82, 2.24) is 4.98 Å². The van der Waals surface area contributed by atoms with Crippen molar-refractivity contribution in [3.8, 4) is 5.75 Å². The van der Waals surface area contributed by atoms with Crippen LogP contribution in [0.25, 0.3) is 0 Å². The zero-order chi connectivity index (χ0) is 12.8. The van der Waals surface area contributed by atoms with Crippen LogP contribution < -0.4 is 10.1 Å². The van der Waals surface area contributed by atoms with E-state index < -0.39 is 5.95 Å². The van der Waals surface area contributed by atoms with E-state index in [0.29, 0.717) is 12.4 Å². The molecule has 1 heterocycles. The first-order chi connectivity index (χ1) is 8.78. The van der Waals surface area contributed by atoms with Crippen molar-refractivity contribution in [2.75, 3.05) is 19.0 Å². The molecule has 0 aliphatic heterocycles. The highest BCUT2D eigenvalue weighted by atomic mass is 19.1. The zero-order valence-electron chi connectivity index (χ0n) is 10.2. The predicted octanol–water partition coefficient (Wildman–Crippen LogP) is 2.88. The number of ether oxygens (including phenoxy) is 1. The Kier molecular flexibility index (Phi) is 4.12. The van der Waals surface area contributed by atoms with Crippen LogP contribution in [0, 0.1) is 5.95 Å². The van der Waals surface area contributed by atoms with Crippen molar-refractivity contribution in [3.05, 3.63) is 54.0 Å². The standard InChI is InChI=1S/C14H15FN2O/c1-18-12-7-5-11(6-8-12)9-10-16-14-4-2-3-13(15)17-14/h2-8H,9-10H2,1H3,(H,16,17). The molecular formula is C14H15FN2O. The molecule has 94 valence electrons. The van der Waals surface area contributed by atoms with Crippen LogP contribution in [-0.2, 0) is 6.42 Å². The number of hydrogen-bond donors (Lipinski definition) is 1. The average molecular weight is 246 g/mol. The number of methoxy groups -OCH3 is 1. The highest BCUT2D eigenvalue weighted by molar-refractivity contribution is 5.34. The van der Waals surface area contributed by atoms with E-state index in [9.17, 15) is 4.39 Å². The predicted molar refractivity (Wildman–Crippen MR) is 69.4 cm³/mol. The molecule has 0 unspecified atom stereocenters. The van der Waals surface area contributed by atoms with Gasteiger partial charge in [-0.05, 0) is 36.2 Å². The molecule has 0 amide bonds. The Morgan fingerprint density at radius 2 is 1.94 bits per heavy atom. The van der Waals surface area contributed by atoms with Crippen LogP contribution in [0.2, 0.25) is 0 Å². The van der Waals surface area contributed by atoms with Gasteiger partial charge in [-0.1, -0.05) is 18.2 Å². The summed E-state index contributed by atoms with van der Waals surface area (Å²) in [5.74, 6) is 0.937. The highest BCUT2D eigenvalue weighted by Gasteiger charge is 1.97. The molecular weight excluding hydrogens is 231 g/mol. The summed E-state index contributed by atoms with van der Waals surface area (Å²) in [6.45, 7) is 0.711. The van der Waals surface area contributed by atoms with Gasteiger partial charge in [0, 0.05) is 6.54 Å². The molecule has 3 nitrogen and oxygen atoms in total. The fraction of sp³-hybridized carbons (Fsp3) is 0.214. The number of nitrogens with zero attached hydrogens (tertiary/aromatic N) is 1. The molecule has 4 heteroatoms. The Morgan fingerprint density at radius 3 is 2.61 bits per heavy atom. The van der Waals surface area contributed by atoms with E-state index in [4.69, 9.17) is 4.74 Å². The third-order valence-electron chi connectivity index (χ3n) is 2.59. The van der Waals surface area contributed by atoms with E-state index in [1.54, 1.807) is 19.2 Å². The topological polar surface area (TPSA) is 34.1 Å². The Bertz CT molecular complexity index is 499. The Labute approximate surface area is 106 Å².